The molecule has 0 aliphatic rings. The lowest BCUT2D eigenvalue weighted by atomic mass is 10.2. The molecule has 0 amide bonds. The molecule has 0 unspecified atom stereocenters. The predicted octanol–water partition coefficient (Wildman–Crippen LogP) is 3.27. The Morgan fingerprint density at radius 3 is 3.00 bits per heavy atom. The fourth-order valence-electron chi connectivity index (χ4n) is 1.74. The zero-order chi connectivity index (χ0) is 11.7. The third-order valence-electron chi connectivity index (χ3n) is 2.63. The van der Waals surface area contributed by atoms with E-state index < -0.39 is 0 Å². The standard InChI is InChI=1S/C13H11N3S/c1-10-14-15-13-12(3-2-7-16(10)13)5-4-11-6-8-17-9-11/h2-9H,1H3. The topological polar surface area (TPSA) is 30.2 Å². The van der Waals surface area contributed by atoms with Crippen molar-refractivity contribution in [2.45, 2.75) is 6.92 Å². The number of rotatable bonds is 2. The van der Waals surface area contributed by atoms with E-state index in [1.165, 1.54) is 5.56 Å². The smallest absolute Gasteiger partial charge is 0.168 e. The molecule has 0 fully saturated rings. The van der Waals surface area contributed by atoms with Crippen molar-refractivity contribution in [2.24, 2.45) is 0 Å². The molecule has 0 spiro atoms. The molecule has 0 radical (unpaired) electrons. The maximum Gasteiger partial charge on any atom is 0.168 e. The number of hydrogen-bond acceptors (Lipinski definition) is 3. The van der Waals surface area contributed by atoms with Crippen molar-refractivity contribution in [1.82, 2.24) is 14.6 Å². The maximum absolute atomic E-state index is 4.18. The summed E-state index contributed by atoms with van der Waals surface area (Å²) in [7, 11) is 0. The van der Waals surface area contributed by atoms with Gasteiger partial charge in [0.1, 0.15) is 5.82 Å². The number of thiophene rings is 1. The molecule has 0 N–H and O–H groups in total. The normalized spacial score (nSPS) is 11.6. The predicted molar refractivity (Wildman–Crippen MR) is 71.0 cm³/mol. The van der Waals surface area contributed by atoms with E-state index in [-0.39, 0.29) is 0 Å². The van der Waals surface area contributed by atoms with Crippen LogP contribution in [-0.2, 0) is 0 Å². The zero-order valence-electron chi connectivity index (χ0n) is 9.37. The second-order valence-corrected chi connectivity index (χ2v) is 4.57. The lowest BCUT2D eigenvalue weighted by Crippen LogP contribution is -1.88. The Hall–Kier alpha value is -1.94. The molecule has 0 saturated carbocycles. The van der Waals surface area contributed by atoms with Crippen LogP contribution >= 0.6 is 11.3 Å². The van der Waals surface area contributed by atoms with E-state index in [1.54, 1.807) is 11.3 Å². The van der Waals surface area contributed by atoms with Gasteiger partial charge in [-0.1, -0.05) is 12.2 Å². The summed E-state index contributed by atoms with van der Waals surface area (Å²) in [5, 5.41) is 12.5. The lowest BCUT2D eigenvalue weighted by molar-refractivity contribution is 1.01. The fourth-order valence-corrected chi connectivity index (χ4v) is 2.37. The quantitative estimate of drug-likeness (QED) is 0.689. The first kappa shape index (κ1) is 10.2. The highest BCUT2D eigenvalue weighted by molar-refractivity contribution is 7.08. The van der Waals surface area contributed by atoms with E-state index in [1.807, 2.05) is 29.7 Å². The van der Waals surface area contributed by atoms with Gasteiger partial charge < -0.3 is 0 Å². The van der Waals surface area contributed by atoms with Gasteiger partial charge >= 0.3 is 0 Å². The monoisotopic (exact) mass is 241 g/mol. The number of aryl methyl sites for hydroxylation is 1. The molecular weight excluding hydrogens is 230 g/mol. The van der Waals surface area contributed by atoms with Crippen molar-refractivity contribution >= 4 is 29.1 Å². The van der Waals surface area contributed by atoms with Crippen LogP contribution in [0.1, 0.15) is 17.0 Å². The highest BCUT2D eigenvalue weighted by atomic mass is 32.1. The van der Waals surface area contributed by atoms with Gasteiger partial charge in [-0.25, -0.2) is 0 Å². The van der Waals surface area contributed by atoms with Crippen LogP contribution in [0.25, 0.3) is 17.8 Å². The average molecular weight is 241 g/mol. The van der Waals surface area contributed by atoms with E-state index in [0.717, 1.165) is 17.0 Å². The number of fused-ring (bicyclic) bond motifs is 1. The molecule has 3 rings (SSSR count). The van der Waals surface area contributed by atoms with Crippen molar-refractivity contribution in [3.63, 3.8) is 0 Å². The van der Waals surface area contributed by atoms with E-state index in [0.29, 0.717) is 0 Å². The number of nitrogens with zero attached hydrogens (tertiary/aromatic N) is 3. The van der Waals surface area contributed by atoms with Crippen LogP contribution in [0.2, 0.25) is 0 Å². The Morgan fingerprint density at radius 1 is 1.24 bits per heavy atom. The van der Waals surface area contributed by atoms with E-state index in [9.17, 15) is 0 Å². The third kappa shape index (κ3) is 1.87. The molecule has 0 atom stereocenters. The summed E-state index contributed by atoms with van der Waals surface area (Å²) in [4.78, 5) is 0. The van der Waals surface area contributed by atoms with Gasteiger partial charge in [-0.15, -0.1) is 10.2 Å². The van der Waals surface area contributed by atoms with Crippen LogP contribution in [0.5, 0.6) is 0 Å². The van der Waals surface area contributed by atoms with E-state index in [4.69, 9.17) is 0 Å². The largest absolute Gasteiger partial charge is 0.286 e. The van der Waals surface area contributed by atoms with Crippen molar-refractivity contribution in [3.8, 4) is 0 Å². The fraction of sp³-hybridized carbons (Fsp3) is 0.0769. The first-order valence-electron chi connectivity index (χ1n) is 5.35. The number of aromatic nitrogens is 3. The minimum atomic E-state index is 0.900. The summed E-state index contributed by atoms with van der Waals surface area (Å²) in [5.74, 6) is 0.908. The molecule has 84 valence electrons. The second kappa shape index (κ2) is 4.14. The Balaban J connectivity index is 2.06. The Kier molecular flexibility index (Phi) is 2.49. The van der Waals surface area contributed by atoms with Crippen LogP contribution in [0, 0.1) is 6.92 Å². The van der Waals surface area contributed by atoms with Gasteiger partial charge in [0, 0.05) is 11.8 Å². The molecule has 3 aromatic heterocycles. The molecule has 0 aliphatic carbocycles. The number of pyridine rings is 1. The average Bonchev–Trinajstić information content (AvgIpc) is 2.97. The summed E-state index contributed by atoms with van der Waals surface area (Å²) in [5.41, 5.74) is 3.20. The van der Waals surface area contributed by atoms with Gasteiger partial charge in [-0.05, 0) is 41.4 Å². The maximum atomic E-state index is 4.18. The molecule has 4 heteroatoms. The van der Waals surface area contributed by atoms with Gasteiger partial charge in [0.2, 0.25) is 0 Å². The van der Waals surface area contributed by atoms with Gasteiger partial charge in [0.05, 0.1) is 0 Å². The van der Waals surface area contributed by atoms with Crippen molar-refractivity contribution < 1.29 is 0 Å². The molecular formula is C13H11N3S. The Morgan fingerprint density at radius 2 is 2.18 bits per heavy atom. The molecule has 0 bridgehead atoms. The molecule has 3 heterocycles. The number of hydrogen-bond donors (Lipinski definition) is 0. The van der Waals surface area contributed by atoms with Crippen LogP contribution < -0.4 is 0 Å². The Labute approximate surface area is 103 Å². The van der Waals surface area contributed by atoms with Gasteiger partial charge in [-0.2, -0.15) is 11.3 Å². The third-order valence-corrected chi connectivity index (χ3v) is 3.34. The summed E-state index contributed by atoms with van der Waals surface area (Å²) >= 11 is 1.70. The van der Waals surface area contributed by atoms with Crippen LogP contribution in [0.3, 0.4) is 0 Å². The van der Waals surface area contributed by atoms with Crippen LogP contribution in [-0.4, -0.2) is 14.6 Å². The van der Waals surface area contributed by atoms with Crippen molar-refractivity contribution in [2.75, 3.05) is 0 Å². The zero-order valence-corrected chi connectivity index (χ0v) is 10.2. The van der Waals surface area contributed by atoms with E-state index >= 15 is 0 Å². The summed E-state index contributed by atoms with van der Waals surface area (Å²) in [6, 6.07) is 6.15. The highest BCUT2D eigenvalue weighted by Crippen LogP contribution is 2.15. The second-order valence-electron chi connectivity index (χ2n) is 3.79. The van der Waals surface area contributed by atoms with Crippen LogP contribution in [0.15, 0.2) is 35.2 Å². The van der Waals surface area contributed by atoms with Gasteiger partial charge in [0.15, 0.2) is 5.65 Å². The van der Waals surface area contributed by atoms with Crippen LogP contribution in [0.4, 0.5) is 0 Å². The SMILES string of the molecule is Cc1nnc2c(C=Cc3ccsc3)cccn12. The molecule has 3 nitrogen and oxygen atoms in total. The molecule has 17 heavy (non-hydrogen) atoms. The van der Waals surface area contributed by atoms with Gasteiger partial charge in [0.25, 0.3) is 0 Å². The minimum Gasteiger partial charge on any atom is -0.286 e. The summed E-state index contributed by atoms with van der Waals surface area (Å²) < 4.78 is 1.99. The summed E-state index contributed by atoms with van der Waals surface area (Å²) in [6.07, 6.45) is 6.15. The lowest BCUT2D eigenvalue weighted by Gasteiger charge is -1.97. The van der Waals surface area contributed by atoms with Crippen molar-refractivity contribution in [3.05, 3.63) is 52.1 Å². The molecule has 0 saturated heterocycles. The summed E-state index contributed by atoms with van der Waals surface area (Å²) in [6.45, 7) is 1.95. The van der Waals surface area contributed by atoms with Crippen molar-refractivity contribution in [1.29, 1.82) is 0 Å². The van der Waals surface area contributed by atoms with Gasteiger partial charge in [-0.3, -0.25) is 4.40 Å². The minimum absolute atomic E-state index is 0.900. The molecule has 0 aromatic carbocycles. The first-order valence-corrected chi connectivity index (χ1v) is 6.29. The first-order chi connectivity index (χ1) is 8.34. The molecule has 0 aliphatic heterocycles. The highest BCUT2D eigenvalue weighted by Gasteiger charge is 2.02. The van der Waals surface area contributed by atoms with E-state index in [2.05, 4.69) is 39.2 Å². The molecule has 3 aromatic rings. The Bertz CT molecular complexity index is 665.